The third kappa shape index (κ3) is 3.57. The summed E-state index contributed by atoms with van der Waals surface area (Å²) < 4.78 is 6.47. The van der Waals surface area contributed by atoms with E-state index in [1.54, 1.807) is 0 Å². The van der Waals surface area contributed by atoms with Crippen molar-refractivity contribution in [2.24, 2.45) is 5.41 Å². The Morgan fingerprint density at radius 1 is 0.950 bits per heavy atom. The maximum Gasteiger partial charge on any atom is 0.0708 e. The van der Waals surface area contributed by atoms with Crippen molar-refractivity contribution >= 4 is 0 Å². The zero-order valence-electron chi connectivity index (χ0n) is 13.5. The molecular formula is C18H33NO. The van der Waals surface area contributed by atoms with Crippen molar-refractivity contribution in [2.45, 2.75) is 102 Å². The van der Waals surface area contributed by atoms with Gasteiger partial charge in [0, 0.05) is 12.6 Å². The van der Waals surface area contributed by atoms with Gasteiger partial charge in [-0.2, -0.15) is 0 Å². The molecule has 0 bridgehead atoms. The predicted octanol–water partition coefficient (Wildman–Crippen LogP) is 4.43. The highest BCUT2D eigenvalue weighted by molar-refractivity contribution is 4.92. The van der Waals surface area contributed by atoms with Gasteiger partial charge in [0.1, 0.15) is 0 Å². The molecule has 2 nitrogen and oxygen atoms in total. The quantitative estimate of drug-likeness (QED) is 0.825. The average Bonchev–Trinajstić information content (AvgIpc) is 2.79. The number of rotatable bonds is 3. The van der Waals surface area contributed by atoms with E-state index in [0.717, 1.165) is 12.6 Å². The molecule has 0 amide bonds. The Hall–Kier alpha value is -0.0800. The van der Waals surface area contributed by atoms with Crippen LogP contribution in [0.5, 0.6) is 0 Å². The summed E-state index contributed by atoms with van der Waals surface area (Å²) in [7, 11) is 0. The summed E-state index contributed by atoms with van der Waals surface area (Å²) >= 11 is 0. The second-order valence-electron chi connectivity index (χ2n) is 8.39. The van der Waals surface area contributed by atoms with Crippen molar-refractivity contribution in [3.63, 3.8) is 0 Å². The Morgan fingerprint density at radius 2 is 1.75 bits per heavy atom. The van der Waals surface area contributed by atoms with Gasteiger partial charge in [-0.25, -0.2) is 0 Å². The minimum absolute atomic E-state index is 0.288. The van der Waals surface area contributed by atoms with E-state index in [2.05, 4.69) is 19.2 Å². The molecule has 1 spiro atoms. The van der Waals surface area contributed by atoms with Crippen molar-refractivity contribution in [3.05, 3.63) is 0 Å². The summed E-state index contributed by atoms with van der Waals surface area (Å²) in [4.78, 5) is 0. The zero-order chi connectivity index (χ0) is 14.1. The van der Waals surface area contributed by atoms with Gasteiger partial charge < -0.3 is 10.1 Å². The van der Waals surface area contributed by atoms with Crippen LogP contribution in [0.25, 0.3) is 0 Å². The molecule has 0 aromatic heterocycles. The first-order chi connectivity index (χ1) is 9.57. The summed E-state index contributed by atoms with van der Waals surface area (Å²) in [6, 6.07) is 0.727. The molecule has 1 aliphatic heterocycles. The van der Waals surface area contributed by atoms with Crippen LogP contribution in [-0.2, 0) is 4.74 Å². The van der Waals surface area contributed by atoms with Crippen molar-refractivity contribution in [3.8, 4) is 0 Å². The lowest BCUT2D eigenvalue weighted by Crippen LogP contribution is -2.41. The molecule has 2 aliphatic carbocycles. The van der Waals surface area contributed by atoms with E-state index < -0.39 is 0 Å². The second kappa shape index (κ2) is 5.96. The minimum Gasteiger partial charge on any atom is -0.370 e. The maximum atomic E-state index is 6.47. The molecule has 1 heterocycles. The first-order valence-electron chi connectivity index (χ1n) is 8.98. The standard InChI is InChI=1S/C18H33NO/c1-17(2)9-6-7-15(13-17)19-14-16-8-12-18(20-16)10-4-3-5-11-18/h15-16,19H,3-14H2,1-2H3. The van der Waals surface area contributed by atoms with Crippen LogP contribution in [0, 0.1) is 5.41 Å². The van der Waals surface area contributed by atoms with E-state index in [9.17, 15) is 0 Å². The van der Waals surface area contributed by atoms with Crippen LogP contribution in [0.4, 0.5) is 0 Å². The third-order valence-electron chi connectivity index (χ3n) is 5.94. The maximum absolute atomic E-state index is 6.47. The van der Waals surface area contributed by atoms with Gasteiger partial charge in [0.2, 0.25) is 0 Å². The Labute approximate surface area is 125 Å². The fourth-order valence-electron chi connectivity index (χ4n) is 4.77. The smallest absolute Gasteiger partial charge is 0.0708 e. The molecule has 2 saturated carbocycles. The van der Waals surface area contributed by atoms with Gasteiger partial charge in [-0.05, 0) is 50.4 Å². The lowest BCUT2D eigenvalue weighted by Gasteiger charge is -2.36. The molecule has 1 N–H and O–H groups in total. The molecule has 3 fully saturated rings. The first-order valence-corrected chi connectivity index (χ1v) is 8.98. The van der Waals surface area contributed by atoms with Crippen molar-refractivity contribution in [1.82, 2.24) is 5.32 Å². The molecule has 1 saturated heterocycles. The Balaban J connectivity index is 1.43. The van der Waals surface area contributed by atoms with Crippen molar-refractivity contribution in [1.29, 1.82) is 0 Å². The molecule has 20 heavy (non-hydrogen) atoms. The Kier molecular flexibility index (Phi) is 4.42. The third-order valence-corrected chi connectivity index (χ3v) is 5.94. The highest BCUT2D eigenvalue weighted by Gasteiger charge is 2.40. The van der Waals surface area contributed by atoms with Gasteiger partial charge in [0.05, 0.1) is 11.7 Å². The zero-order valence-corrected chi connectivity index (χ0v) is 13.5. The van der Waals surface area contributed by atoms with Crippen LogP contribution in [0.2, 0.25) is 0 Å². The lowest BCUT2D eigenvalue weighted by atomic mass is 9.75. The van der Waals surface area contributed by atoms with E-state index >= 15 is 0 Å². The van der Waals surface area contributed by atoms with Crippen LogP contribution in [0.3, 0.4) is 0 Å². The molecule has 2 unspecified atom stereocenters. The fourth-order valence-corrected chi connectivity index (χ4v) is 4.77. The summed E-state index contributed by atoms with van der Waals surface area (Å²) in [6.45, 7) is 5.93. The normalized spacial score (nSPS) is 36.3. The van der Waals surface area contributed by atoms with E-state index in [-0.39, 0.29) is 5.60 Å². The Bertz CT molecular complexity index is 319. The van der Waals surface area contributed by atoms with Crippen LogP contribution in [-0.4, -0.2) is 24.3 Å². The topological polar surface area (TPSA) is 21.3 Å². The van der Waals surface area contributed by atoms with E-state index in [0.29, 0.717) is 11.5 Å². The summed E-state index contributed by atoms with van der Waals surface area (Å²) in [5.74, 6) is 0. The molecule has 0 aromatic carbocycles. The highest BCUT2D eigenvalue weighted by atomic mass is 16.5. The van der Waals surface area contributed by atoms with Crippen molar-refractivity contribution in [2.75, 3.05) is 6.54 Å². The number of nitrogens with one attached hydrogen (secondary N) is 1. The molecule has 3 rings (SSSR count). The summed E-state index contributed by atoms with van der Waals surface area (Å²) in [5.41, 5.74) is 0.827. The molecule has 2 atom stereocenters. The number of hydrogen-bond donors (Lipinski definition) is 1. The van der Waals surface area contributed by atoms with Gasteiger partial charge in [-0.3, -0.25) is 0 Å². The predicted molar refractivity (Wildman–Crippen MR) is 84.0 cm³/mol. The van der Waals surface area contributed by atoms with E-state index in [1.165, 1.54) is 70.6 Å². The second-order valence-corrected chi connectivity index (χ2v) is 8.39. The molecule has 0 aromatic rings. The largest absolute Gasteiger partial charge is 0.370 e. The van der Waals surface area contributed by atoms with Gasteiger partial charge in [-0.1, -0.05) is 39.5 Å². The van der Waals surface area contributed by atoms with Crippen LogP contribution >= 0.6 is 0 Å². The monoisotopic (exact) mass is 279 g/mol. The first kappa shape index (κ1) is 14.8. The number of ether oxygens (including phenoxy) is 1. The van der Waals surface area contributed by atoms with E-state index in [4.69, 9.17) is 4.74 Å². The van der Waals surface area contributed by atoms with Crippen LogP contribution < -0.4 is 5.32 Å². The van der Waals surface area contributed by atoms with Gasteiger partial charge >= 0.3 is 0 Å². The lowest BCUT2D eigenvalue weighted by molar-refractivity contribution is -0.0635. The number of hydrogen-bond acceptors (Lipinski definition) is 2. The van der Waals surface area contributed by atoms with Crippen LogP contribution in [0.15, 0.2) is 0 Å². The van der Waals surface area contributed by atoms with Gasteiger partial charge in [-0.15, -0.1) is 0 Å². The van der Waals surface area contributed by atoms with Crippen LogP contribution in [0.1, 0.15) is 84.5 Å². The summed E-state index contributed by atoms with van der Waals surface area (Å²) in [5, 5.41) is 3.82. The molecule has 116 valence electrons. The van der Waals surface area contributed by atoms with Gasteiger partial charge in [0.25, 0.3) is 0 Å². The van der Waals surface area contributed by atoms with Gasteiger partial charge in [0.15, 0.2) is 0 Å². The Morgan fingerprint density at radius 3 is 2.50 bits per heavy atom. The SMILES string of the molecule is CC1(C)CCCC(NCC2CCC3(CCCCC3)O2)C1. The summed E-state index contributed by atoms with van der Waals surface area (Å²) in [6.07, 6.45) is 15.4. The molecule has 3 aliphatic rings. The average molecular weight is 279 g/mol. The fraction of sp³-hybridized carbons (Fsp3) is 1.00. The minimum atomic E-state index is 0.288. The van der Waals surface area contributed by atoms with E-state index in [1.807, 2.05) is 0 Å². The highest BCUT2D eigenvalue weighted by Crippen LogP contribution is 2.42. The molecule has 2 heteroatoms. The molecule has 0 radical (unpaired) electrons. The molecular weight excluding hydrogens is 246 g/mol. The van der Waals surface area contributed by atoms with Crippen molar-refractivity contribution < 1.29 is 4.74 Å².